The number of nitrogens with one attached hydrogen (secondary N) is 1. The molecule has 2 aromatic rings. The van der Waals surface area contributed by atoms with Crippen molar-refractivity contribution in [1.29, 1.82) is 0 Å². The van der Waals surface area contributed by atoms with Crippen molar-refractivity contribution < 1.29 is 9.63 Å². The van der Waals surface area contributed by atoms with Crippen LogP contribution in [-0.2, 0) is 11.4 Å². The van der Waals surface area contributed by atoms with Crippen LogP contribution in [0.25, 0.3) is 11.0 Å². The second-order valence-corrected chi connectivity index (χ2v) is 5.65. The zero-order chi connectivity index (χ0) is 15.5. The van der Waals surface area contributed by atoms with Crippen LogP contribution in [-0.4, -0.2) is 33.8 Å². The molecule has 0 aliphatic carbocycles. The summed E-state index contributed by atoms with van der Waals surface area (Å²) in [5, 5.41) is 14.5. The van der Waals surface area contributed by atoms with E-state index in [1.807, 2.05) is 45.0 Å². The zero-order valence-corrected chi connectivity index (χ0v) is 12.6. The summed E-state index contributed by atoms with van der Waals surface area (Å²) in [6, 6.07) is 7.68. The number of fused-ring (bicyclic) bond motifs is 1. The van der Waals surface area contributed by atoms with Crippen molar-refractivity contribution in [3.8, 4) is 0 Å². The third kappa shape index (κ3) is 3.56. The van der Waals surface area contributed by atoms with E-state index in [-0.39, 0.29) is 5.41 Å². The average Bonchev–Trinajstić information content (AvgIpc) is 2.85. The van der Waals surface area contributed by atoms with Crippen LogP contribution >= 0.6 is 0 Å². The predicted molar refractivity (Wildman–Crippen MR) is 80.0 cm³/mol. The maximum absolute atomic E-state index is 11.2. The minimum atomic E-state index is -0.597. The summed E-state index contributed by atoms with van der Waals surface area (Å²) in [4.78, 5) is 16.0. The molecule has 0 saturated heterocycles. The molecule has 1 aromatic heterocycles. The van der Waals surface area contributed by atoms with Crippen LogP contribution in [0.3, 0.4) is 0 Å². The number of hydrogen-bond acceptors (Lipinski definition) is 5. The van der Waals surface area contributed by atoms with Crippen molar-refractivity contribution in [2.24, 2.45) is 10.6 Å². The van der Waals surface area contributed by atoms with E-state index in [2.05, 4.69) is 20.8 Å². The minimum absolute atomic E-state index is 0.263. The number of rotatable bonds is 3. The summed E-state index contributed by atoms with van der Waals surface area (Å²) < 4.78 is 1.74. The van der Waals surface area contributed by atoms with Gasteiger partial charge < -0.3 is 5.32 Å². The first kappa shape index (κ1) is 15.0. The first-order valence-corrected chi connectivity index (χ1v) is 6.66. The standard InChI is InChI=1S/C14H19N5O2/c1-14(2,3)12(17-21-13(20)15-4)9-19-11-8-6-5-7-10(11)16-18-19/h5-8H,9H2,1-4H3,(H,15,20). The molecule has 0 spiro atoms. The topological polar surface area (TPSA) is 81.4 Å². The number of benzene rings is 1. The van der Waals surface area contributed by atoms with Crippen molar-refractivity contribution in [3.05, 3.63) is 24.3 Å². The van der Waals surface area contributed by atoms with E-state index in [1.54, 1.807) is 4.68 Å². The Balaban J connectivity index is 2.29. The lowest BCUT2D eigenvalue weighted by Crippen LogP contribution is -2.27. The molecular weight excluding hydrogens is 270 g/mol. The van der Waals surface area contributed by atoms with Crippen molar-refractivity contribution >= 4 is 22.8 Å². The van der Waals surface area contributed by atoms with Crippen LogP contribution in [0.2, 0.25) is 0 Å². The Hall–Kier alpha value is -2.44. The smallest absolute Gasteiger partial charge is 0.323 e. The van der Waals surface area contributed by atoms with Gasteiger partial charge in [-0.1, -0.05) is 43.3 Å². The molecule has 0 radical (unpaired) electrons. The van der Waals surface area contributed by atoms with Crippen LogP contribution < -0.4 is 5.32 Å². The summed E-state index contributed by atoms with van der Waals surface area (Å²) in [7, 11) is 1.49. The van der Waals surface area contributed by atoms with Gasteiger partial charge in [0.1, 0.15) is 5.52 Å². The predicted octanol–water partition coefficient (Wildman–Crippen LogP) is 2.19. The van der Waals surface area contributed by atoms with Crippen molar-refractivity contribution in [2.45, 2.75) is 27.3 Å². The van der Waals surface area contributed by atoms with Crippen molar-refractivity contribution in [2.75, 3.05) is 7.05 Å². The van der Waals surface area contributed by atoms with Crippen molar-refractivity contribution in [3.63, 3.8) is 0 Å². The minimum Gasteiger partial charge on any atom is -0.323 e. The number of amides is 1. The van der Waals surface area contributed by atoms with Gasteiger partial charge in [-0.2, -0.15) is 0 Å². The molecule has 0 aliphatic rings. The first-order valence-electron chi connectivity index (χ1n) is 6.66. The van der Waals surface area contributed by atoms with E-state index < -0.39 is 6.09 Å². The first-order chi connectivity index (χ1) is 9.91. The Kier molecular flexibility index (Phi) is 4.21. The Morgan fingerprint density at radius 1 is 1.38 bits per heavy atom. The van der Waals surface area contributed by atoms with E-state index in [4.69, 9.17) is 4.84 Å². The number of para-hydroxylation sites is 1. The highest BCUT2D eigenvalue weighted by atomic mass is 16.7. The second kappa shape index (κ2) is 5.90. The summed E-state index contributed by atoms with van der Waals surface area (Å²) >= 11 is 0. The molecule has 0 atom stereocenters. The second-order valence-electron chi connectivity index (χ2n) is 5.65. The van der Waals surface area contributed by atoms with Gasteiger partial charge in [-0.05, 0) is 12.1 Å². The van der Waals surface area contributed by atoms with Gasteiger partial charge >= 0.3 is 6.09 Å². The van der Waals surface area contributed by atoms with Gasteiger partial charge in [0, 0.05) is 12.5 Å². The number of hydrogen-bond donors (Lipinski definition) is 1. The lowest BCUT2D eigenvalue weighted by Gasteiger charge is -2.20. The average molecular weight is 289 g/mol. The highest BCUT2D eigenvalue weighted by Gasteiger charge is 2.22. The van der Waals surface area contributed by atoms with E-state index >= 15 is 0 Å². The fourth-order valence-electron chi connectivity index (χ4n) is 1.72. The molecule has 21 heavy (non-hydrogen) atoms. The molecule has 0 bridgehead atoms. The van der Waals surface area contributed by atoms with E-state index in [9.17, 15) is 4.79 Å². The highest BCUT2D eigenvalue weighted by molar-refractivity contribution is 5.90. The van der Waals surface area contributed by atoms with Gasteiger partial charge in [-0.15, -0.1) is 5.10 Å². The molecule has 112 valence electrons. The SMILES string of the molecule is CNC(=O)ON=C(Cn1nnc2ccccc21)C(C)(C)C. The van der Waals surface area contributed by atoms with Gasteiger partial charge in [0.25, 0.3) is 0 Å². The summed E-state index contributed by atoms with van der Waals surface area (Å²) in [6.45, 7) is 6.40. The number of oxime groups is 1. The molecule has 0 fully saturated rings. The fourth-order valence-corrected chi connectivity index (χ4v) is 1.72. The number of carbonyl (C=O) groups is 1. The lowest BCUT2D eigenvalue weighted by molar-refractivity contribution is 0.151. The molecular formula is C14H19N5O2. The van der Waals surface area contributed by atoms with E-state index in [0.29, 0.717) is 12.3 Å². The van der Waals surface area contributed by atoms with Crippen LogP contribution in [0, 0.1) is 5.41 Å². The van der Waals surface area contributed by atoms with Crippen LogP contribution in [0.1, 0.15) is 20.8 Å². The Labute approximate surface area is 123 Å². The summed E-state index contributed by atoms with van der Waals surface area (Å²) in [5.74, 6) is 0. The Bertz CT molecular complexity index is 669. The molecule has 1 aromatic carbocycles. The molecule has 7 nitrogen and oxygen atoms in total. The normalized spacial score (nSPS) is 12.5. The lowest BCUT2D eigenvalue weighted by atomic mass is 9.90. The quantitative estimate of drug-likeness (QED) is 0.533. The molecule has 0 aliphatic heterocycles. The monoisotopic (exact) mass is 289 g/mol. The highest BCUT2D eigenvalue weighted by Crippen LogP contribution is 2.19. The van der Waals surface area contributed by atoms with E-state index in [1.165, 1.54) is 7.05 Å². The van der Waals surface area contributed by atoms with E-state index in [0.717, 1.165) is 11.0 Å². The Morgan fingerprint density at radius 2 is 2.10 bits per heavy atom. The van der Waals surface area contributed by atoms with Crippen LogP contribution in [0.5, 0.6) is 0 Å². The number of carbonyl (C=O) groups excluding carboxylic acids is 1. The van der Waals surface area contributed by atoms with Crippen LogP contribution in [0.4, 0.5) is 4.79 Å². The van der Waals surface area contributed by atoms with Gasteiger partial charge in [-0.3, -0.25) is 4.84 Å². The largest absolute Gasteiger partial charge is 0.433 e. The van der Waals surface area contributed by atoms with Gasteiger partial charge in [0.05, 0.1) is 17.8 Å². The third-order valence-corrected chi connectivity index (χ3v) is 3.03. The van der Waals surface area contributed by atoms with Gasteiger partial charge in [0.15, 0.2) is 0 Å². The molecule has 0 saturated carbocycles. The zero-order valence-electron chi connectivity index (χ0n) is 12.6. The number of aromatic nitrogens is 3. The molecule has 1 amide bonds. The molecule has 1 heterocycles. The van der Waals surface area contributed by atoms with Crippen LogP contribution in [0.15, 0.2) is 29.4 Å². The molecule has 2 rings (SSSR count). The Morgan fingerprint density at radius 3 is 2.76 bits per heavy atom. The third-order valence-electron chi connectivity index (χ3n) is 3.03. The van der Waals surface area contributed by atoms with Gasteiger partial charge in [0.2, 0.25) is 0 Å². The van der Waals surface area contributed by atoms with Gasteiger partial charge in [-0.25, -0.2) is 9.48 Å². The molecule has 7 heteroatoms. The van der Waals surface area contributed by atoms with Crippen molar-refractivity contribution in [1.82, 2.24) is 20.3 Å². The summed E-state index contributed by atoms with van der Waals surface area (Å²) in [6.07, 6.45) is -0.597. The molecule has 1 N–H and O–H groups in total. The fraction of sp³-hybridized carbons (Fsp3) is 0.429. The maximum atomic E-state index is 11.2. The summed E-state index contributed by atoms with van der Waals surface area (Å²) in [5.41, 5.74) is 2.16. The maximum Gasteiger partial charge on any atom is 0.433 e. The number of nitrogens with zero attached hydrogens (tertiary/aromatic N) is 4. The molecule has 0 unspecified atom stereocenters.